The molecule has 0 bridgehead atoms. The highest BCUT2D eigenvalue weighted by Gasteiger charge is 2.18. The zero-order chi connectivity index (χ0) is 12.7. The minimum Gasteiger partial charge on any atom is -0.350 e. The van der Waals surface area contributed by atoms with Crippen LogP contribution in [0.3, 0.4) is 0 Å². The van der Waals surface area contributed by atoms with Crippen LogP contribution in [0.2, 0.25) is 0 Å². The molecule has 3 aromatic rings. The second kappa shape index (κ2) is 4.08. The highest BCUT2D eigenvalue weighted by molar-refractivity contribution is 5.87. The van der Waals surface area contributed by atoms with Crippen LogP contribution in [-0.2, 0) is 13.1 Å². The molecule has 1 aliphatic heterocycles. The molecule has 6 heteroatoms. The molecule has 1 N–H and O–H groups in total. The van der Waals surface area contributed by atoms with E-state index >= 15 is 0 Å². The van der Waals surface area contributed by atoms with Gasteiger partial charge in [0.25, 0.3) is 0 Å². The molecule has 0 spiro atoms. The monoisotopic (exact) mass is 254 g/mol. The van der Waals surface area contributed by atoms with Crippen LogP contribution in [0.25, 0.3) is 11.0 Å². The van der Waals surface area contributed by atoms with Crippen LogP contribution in [0.15, 0.2) is 31.1 Å². The van der Waals surface area contributed by atoms with Crippen molar-refractivity contribution in [1.82, 2.24) is 24.5 Å². The Kier molecular flexibility index (Phi) is 2.26. The maximum absolute atomic E-state index is 4.47. The van der Waals surface area contributed by atoms with Crippen LogP contribution in [0, 0.1) is 0 Å². The normalized spacial score (nSPS) is 15.5. The molecule has 0 saturated heterocycles. The number of nitrogens with one attached hydrogen (secondary N) is 1. The van der Waals surface area contributed by atoms with E-state index in [2.05, 4.69) is 29.4 Å². The first-order chi connectivity index (χ1) is 9.42. The van der Waals surface area contributed by atoms with Gasteiger partial charge in [0.15, 0.2) is 0 Å². The number of fused-ring (bicyclic) bond motifs is 2. The molecule has 0 aromatic carbocycles. The van der Waals surface area contributed by atoms with E-state index in [4.69, 9.17) is 0 Å². The number of hydrogen-bond donors (Lipinski definition) is 1. The fourth-order valence-electron chi connectivity index (χ4n) is 2.68. The minimum absolute atomic E-state index is 0.845. The van der Waals surface area contributed by atoms with Crippen LogP contribution in [0.4, 0.5) is 5.82 Å². The highest BCUT2D eigenvalue weighted by atomic mass is 15.2. The van der Waals surface area contributed by atoms with Gasteiger partial charge >= 0.3 is 0 Å². The largest absolute Gasteiger partial charge is 0.350 e. The van der Waals surface area contributed by atoms with Crippen molar-refractivity contribution in [1.29, 1.82) is 0 Å². The lowest BCUT2D eigenvalue weighted by Crippen LogP contribution is -2.23. The molecule has 0 atom stereocenters. The SMILES string of the molecule is c1nc(N2CCCn3cncc3C2)c2cc[nH]c2n1. The summed E-state index contributed by atoms with van der Waals surface area (Å²) in [6.45, 7) is 2.86. The Bertz CT molecular complexity index is 713. The van der Waals surface area contributed by atoms with E-state index in [9.17, 15) is 0 Å². The van der Waals surface area contributed by atoms with E-state index < -0.39 is 0 Å². The lowest BCUT2D eigenvalue weighted by molar-refractivity contribution is 0.660. The number of aromatic nitrogens is 5. The number of rotatable bonds is 1. The van der Waals surface area contributed by atoms with Crippen molar-refractivity contribution in [3.8, 4) is 0 Å². The molecule has 1 aliphatic rings. The number of imidazole rings is 1. The van der Waals surface area contributed by atoms with E-state index in [-0.39, 0.29) is 0 Å². The van der Waals surface area contributed by atoms with Gasteiger partial charge in [0.05, 0.1) is 24.0 Å². The van der Waals surface area contributed by atoms with Gasteiger partial charge in [0, 0.05) is 25.5 Å². The van der Waals surface area contributed by atoms with Gasteiger partial charge in [0.2, 0.25) is 0 Å². The Hall–Kier alpha value is -2.37. The molecule has 96 valence electrons. The first-order valence-corrected chi connectivity index (χ1v) is 6.44. The molecule has 0 amide bonds. The molecule has 0 unspecified atom stereocenters. The maximum Gasteiger partial charge on any atom is 0.142 e. The zero-order valence-corrected chi connectivity index (χ0v) is 10.5. The molecule has 3 aromatic heterocycles. The summed E-state index contributed by atoms with van der Waals surface area (Å²) in [5.74, 6) is 1.00. The van der Waals surface area contributed by atoms with E-state index in [1.165, 1.54) is 5.69 Å². The average molecular weight is 254 g/mol. The summed E-state index contributed by atoms with van der Waals surface area (Å²) >= 11 is 0. The van der Waals surface area contributed by atoms with Gasteiger partial charge in [-0.2, -0.15) is 0 Å². The number of aryl methyl sites for hydroxylation is 1. The molecular weight excluding hydrogens is 240 g/mol. The van der Waals surface area contributed by atoms with Gasteiger partial charge in [-0.05, 0) is 12.5 Å². The van der Waals surface area contributed by atoms with Crippen LogP contribution in [0.5, 0.6) is 0 Å². The third-order valence-corrected chi connectivity index (χ3v) is 3.61. The van der Waals surface area contributed by atoms with Crippen molar-refractivity contribution in [2.24, 2.45) is 0 Å². The van der Waals surface area contributed by atoms with Crippen molar-refractivity contribution in [2.75, 3.05) is 11.4 Å². The third-order valence-electron chi connectivity index (χ3n) is 3.61. The summed E-state index contributed by atoms with van der Waals surface area (Å²) < 4.78 is 2.22. The summed E-state index contributed by atoms with van der Waals surface area (Å²) in [4.78, 5) is 18.4. The first-order valence-electron chi connectivity index (χ1n) is 6.44. The molecule has 0 saturated carbocycles. The number of H-pyrrole nitrogens is 1. The molecule has 4 rings (SSSR count). The quantitative estimate of drug-likeness (QED) is 0.716. The van der Waals surface area contributed by atoms with Crippen molar-refractivity contribution >= 4 is 16.9 Å². The first kappa shape index (κ1) is 10.5. The topological polar surface area (TPSA) is 62.6 Å². The summed E-state index contributed by atoms with van der Waals surface area (Å²) in [5.41, 5.74) is 2.13. The summed E-state index contributed by atoms with van der Waals surface area (Å²) in [6.07, 6.45) is 8.47. The van der Waals surface area contributed by atoms with Gasteiger partial charge in [-0.25, -0.2) is 15.0 Å². The molecule has 0 fully saturated rings. The smallest absolute Gasteiger partial charge is 0.142 e. The summed E-state index contributed by atoms with van der Waals surface area (Å²) in [7, 11) is 0. The molecular formula is C13H14N6. The van der Waals surface area contributed by atoms with E-state index in [1.807, 2.05) is 24.8 Å². The van der Waals surface area contributed by atoms with Crippen LogP contribution < -0.4 is 4.90 Å². The van der Waals surface area contributed by atoms with E-state index in [1.54, 1.807) is 6.33 Å². The molecule has 4 heterocycles. The number of aromatic amines is 1. The van der Waals surface area contributed by atoms with Gasteiger partial charge in [-0.1, -0.05) is 0 Å². The Morgan fingerprint density at radius 1 is 1.21 bits per heavy atom. The number of hydrogen-bond acceptors (Lipinski definition) is 4. The molecule has 0 aliphatic carbocycles. The van der Waals surface area contributed by atoms with Crippen LogP contribution in [0.1, 0.15) is 12.1 Å². The van der Waals surface area contributed by atoms with E-state index in [0.717, 1.165) is 42.9 Å². The predicted molar refractivity (Wildman–Crippen MR) is 71.8 cm³/mol. The van der Waals surface area contributed by atoms with E-state index in [0.29, 0.717) is 0 Å². The van der Waals surface area contributed by atoms with Gasteiger partial charge in [-0.3, -0.25) is 0 Å². The second-order valence-electron chi connectivity index (χ2n) is 4.79. The van der Waals surface area contributed by atoms with Crippen molar-refractivity contribution in [2.45, 2.75) is 19.5 Å². The summed E-state index contributed by atoms with van der Waals surface area (Å²) in [5, 5.41) is 1.08. The predicted octanol–water partition coefficient (Wildman–Crippen LogP) is 1.56. The Balaban J connectivity index is 1.78. The Labute approximate surface area is 110 Å². The Morgan fingerprint density at radius 2 is 2.21 bits per heavy atom. The fourth-order valence-corrected chi connectivity index (χ4v) is 2.68. The minimum atomic E-state index is 0.845. The third kappa shape index (κ3) is 1.68. The van der Waals surface area contributed by atoms with Gasteiger partial charge in [-0.15, -0.1) is 0 Å². The maximum atomic E-state index is 4.47. The number of anilines is 1. The van der Waals surface area contributed by atoms with Gasteiger partial charge < -0.3 is 14.5 Å². The highest BCUT2D eigenvalue weighted by Crippen LogP contribution is 2.25. The van der Waals surface area contributed by atoms with Gasteiger partial charge in [0.1, 0.15) is 17.8 Å². The van der Waals surface area contributed by atoms with Crippen molar-refractivity contribution < 1.29 is 0 Å². The zero-order valence-electron chi connectivity index (χ0n) is 10.5. The second-order valence-corrected chi connectivity index (χ2v) is 4.79. The van der Waals surface area contributed by atoms with Crippen molar-refractivity contribution in [3.05, 3.63) is 36.8 Å². The lowest BCUT2D eigenvalue weighted by atomic mass is 10.3. The van der Waals surface area contributed by atoms with Crippen LogP contribution >= 0.6 is 0 Å². The standard InChI is InChI=1S/C13H14N6/c1-4-18(7-10-6-14-9-19(10)5-1)13-11-2-3-15-12(11)16-8-17-13/h2-3,6,8-9H,1,4-5,7H2,(H,15,16,17). The molecule has 0 radical (unpaired) electrons. The fraction of sp³-hybridized carbons (Fsp3) is 0.308. The lowest BCUT2D eigenvalue weighted by Gasteiger charge is -2.21. The molecule has 19 heavy (non-hydrogen) atoms. The van der Waals surface area contributed by atoms with Crippen LogP contribution in [-0.4, -0.2) is 31.0 Å². The molecule has 6 nitrogen and oxygen atoms in total. The van der Waals surface area contributed by atoms with Crippen molar-refractivity contribution in [3.63, 3.8) is 0 Å². The average Bonchev–Trinajstić information content (AvgIpc) is 3.03. The summed E-state index contributed by atoms with van der Waals surface area (Å²) in [6, 6.07) is 2.03. The number of nitrogens with zero attached hydrogens (tertiary/aromatic N) is 5. The Morgan fingerprint density at radius 3 is 3.21 bits per heavy atom.